The van der Waals surface area contributed by atoms with Crippen LogP contribution in [0.5, 0.6) is 5.75 Å². The third-order valence-corrected chi connectivity index (χ3v) is 3.49. The van der Waals surface area contributed by atoms with Crippen LogP contribution in [0.15, 0.2) is 48.5 Å². The average Bonchev–Trinajstić information content (AvgIpc) is 2.62. The van der Waals surface area contributed by atoms with Crippen molar-refractivity contribution in [1.82, 2.24) is 5.32 Å². The minimum Gasteiger partial charge on any atom is -0.497 e. The van der Waals surface area contributed by atoms with Gasteiger partial charge in [-0.3, -0.25) is 9.59 Å². The van der Waals surface area contributed by atoms with Gasteiger partial charge in [-0.1, -0.05) is 18.2 Å². The molecule has 0 aromatic heterocycles. The lowest BCUT2D eigenvalue weighted by atomic mass is 10.1. The Morgan fingerprint density at radius 1 is 1.08 bits per heavy atom. The predicted molar refractivity (Wildman–Crippen MR) is 90.8 cm³/mol. The third-order valence-electron chi connectivity index (χ3n) is 3.49. The van der Waals surface area contributed by atoms with Gasteiger partial charge in [-0.05, 0) is 29.8 Å². The molecule has 0 aliphatic rings. The number of anilines is 1. The number of carbonyl (C=O) groups excluding carboxylic acids is 2. The molecule has 0 aliphatic heterocycles. The van der Waals surface area contributed by atoms with E-state index in [9.17, 15) is 14.0 Å². The second-order valence-corrected chi connectivity index (χ2v) is 5.18. The van der Waals surface area contributed by atoms with Gasteiger partial charge in [-0.2, -0.15) is 0 Å². The summed E-state index contributed by atoms with van der Waals surface area (Å²) in [5, 5.41) is 4.95. The Bertz CT molecular complexity index is 751. The number of carbonyl (C=O) groups is 2. The molecule has 0 radical (unpaired) electrons. The molecule has 0 saturated carbocycles. The summed E-state index contributed by atoms with van der Waals surface area (Å²) < 4.78 is 23.6. The highest BCUT2D eigenvalue weighted by molar-refractivity contribution is 6.39. The van der Waals surface area contributed by atoms with Crippen LogP contribution in [0.3, 0.4) is 0 Å². The summed E-state index contributed by atoms with van der Waals surface area (Å²) in [6.45, 7) is 0.0321. The highest BCUT2D eigenvalue weighted by Gasteiger charge is 2.17. The van der Waals surface area contributed by atoms with E-state index in [4.69, 9.17) is 9.47 Å². The molecule has 0 bridgehead atoms. The Balaban J connectivity index is 1.92. The highest BCUT2D eigenvalue weighted by Crippen LogP contribution is 2.17. The molecule has 0 fully saturated rings. The van der Waals surface area contributed by atoms with E-state index in [2.05, 4.69) is 10.6 Å². The maximum atomic E-state index is 13.3. The van der Waals surface area contributed by atoms with E-state index >= 15 is 0 Å². The lowest BCUT2D eigenvalue weighted by Crippen LogP contribution is -2.38. The van der Waals surface area contributed by atoms with Gasteiger partial charge in [-0.25, -0.2) is 4.39 Å². The molecule has 2 aromatic carbocycles. The maximum Gasteiger partial charge on any atom is 0.313 e. The molecule has 0 spiro atoms. The number of benzene rings is 2. The molecule has 2 N–H and O–H groups in total. The maximum absolute atomic E-state index is 13.3. The van der Waals surface area contributed by atoms with E-state index in [0.717, 1.165) is 0 Å². The van der Waals surface area contributed by atoms with Crippen LogP contribution in [0.4, 0.5) is 10.1 Å². The number of nitrogens with one attached hydrogen (secondary N) is 2. The molecule has 132 valence electrons. The molecule has 0 aliphatic carbocycles. The van der Waals surface area contributed by atoms with Crippen LogP contribution in [0.1, 0.15) is 11.7 Å². The molecule has 0 heterocycles. The van der Waals surface area contributed by atoms with Crippen molar-refractivity contribution in [1.29, 1.82) is 0 Å². The fourth-order valence-corrected chi connectivity index (χ4v) is 2.20. The van der Waals surface area contributed by atoms with Crippen LogP contribution in [0.25, 0.3) is 0 Å². The largest absolute Gasteiger partial charge is 0.497 e. The molecule has 2 aromatic rings. The molecule has 7 heteroatoms. The zero-order valence-corrected chi connectivity index (χ0v) is 13.9. The number of amides is 2. The number of ether oxygens (including phenoxy) is 2. The molecular weight excluding hydrogens is 327 g/mol. The van der Waals surface area contributed by atoms with E-state index in [1.165, 1.54) is 26.4 Å². The van der Waals surface area contributed by atoms with Gasteiger partial charge in [0, 0.05) is 25.4 Å². The molecule has 1 atom stereocenters. The van der Waals surface area contributed by atoms with Crippen molar-refractivity contribution in [2.45, 2.75) is 6.10 Å². The Hall–Kier alpha value is -2.93. The fraction of sp³-hybridized carbons (Fsp3) is 0.222. The smallest absolute Gasteiger partial charge is 0.313 e. The summed E-state index contributed by atoms with van der Waals surface area (Å²) in [7, 11) is 2.95. The van der Waals surface area contributed by atoms with Crippen LogP contribution in [0, 0.1) is 5.82 Å². The Labute approximate surface area is 144 Å². The molecule has 25 heavy (non-hydrogen) atoms. The van der Waals surface area contributed by atoms with Gasteiger partial charge in [0.1, 0.15) is 11.6 Å². The van der Waals surface area contributed by atoms with Gasteiger partial charge in [-0.15, -0.1) is 0 Å². The van der Waals surface area contributed by atoms with Crippen molar-refractivity contribution in [3.05, 3.63) is 59.9 Å². The van der Waals surface area contributed by atoms with Gasteiger partial charge in [0.15, 0.2) is 0 Å². The number of hydrogen-bond donors (Lipinski definition) is 2. The first-order chi connectivity index (χ1) is 12.0. The normalized spacial score (nSPS) is 11.5. The molecule has 0 saturated heterocycles. The van der Waals surface area contributed by atoms with Gasteiger partial charge >= 0.3 is 11.8 Å². The Morgan fingerprint density at radius 2 is 1.84 bits per heavy atom. The molecule has 6 nitrogen and oxygen atoms in total. The second kappa shape index (κ2) is 8.79. The number of rotatable bonds is 6. The molecule has 2 amide bonds. The second-order valence-electron chi connectivity index (χ2n) is 5.18. The zero-order chi connectivity index (χ0) is 18.2. The summed E-state index contributed by atoms with van der Waals surface area (Å²) in [5.74, 6) is -1.48. The fourth-order valence-electron chi connectivity index (χ4n) is 2.20. The lowest BCUT2D eigenvalue weighted by Gasteiger charge is -2.16. The standard InChI is InChI=1S/C18H19FN2O4/c1-24-15-8-4-7-14(10-15)21-18(23)17(22)20-11-16(25-2)12-5-3-6-13(19)9-12/h3-10,16H,11H2,1-2H3,(H,20,22)(H,21,23). The van der Waals surface area contributed by atoms with Gasteiger partial charge in [0.2, 0.25) is 0 Å². The van der Waals surface area contributed by atoms with E-state index in [-0.39, 0.29) is 6.54 Å². The first-order valence-corrected chi connectivity index (χ1v) is 7.55. The van der Waals surface area contributed by atoms with Crippen molar-refractivity contribution in [2.24, 2.45) is 0 Å². The van der Waals surface area contributed by atoms with Crippen LogP contribution < -0.4 is 15.4 Å². The predicted octanol–water partition coefficient (Wildman–Crippen LogP) is 2.28. The Kier molecular flexibility index (Phi) is 6.47. The molecule has 1 unspecified atom stereocenters. The first kappa shape index (κ1) is 18.4. The highest BCUT2D eigenvalue weighted by atomic mass is 19.1. The van der Waals surface area contributed by atoms with Gasteiger partial charge in [0.05, 0.1) is 13.2 Å². The van der Waals surface area contributed by atoms with E-state index in [0.29, 0.717) is 17.0 Å². The minimum atomic E-state index is -0.818. The summed E-state index contributed by atoms with van der Waals surface area (Å²) in [6.07, 6.45) is -0.565. The average molecular weight is 346 g/mol. The topological polar surface area (TPSA) is 76.7 Å². The monoisotopic (exact) mass is 346 g/mol. The Morgan fingerprint density at radius 3 is 2.52 bits per heavy atom. The minimum absolute atomic E-state index is 0.0321. The number of halogens is 1. The van der Waals surface area contributed by atoms with Crippen molar-refractivity contribution >= 4 is 17.5 Å². The zero-order valence-electron chi connectivity index (χ0n) is 13.9. The lowest BCUT2D eigenvalue weighted by molar-refractivity contribution is -0.136. The van der Waals surface area contributed by atoms with E-state index in [1.54, 1.807) is 36.4 Å². The van der Waals surface area contributed by atoms with Crippen molar-refractivity contribution in [3.8, 4) is 5.75 Å². The summed E-state index contributed by atoms with van der Waals surface area (Å²) in [4.78, 5) is 23.9. The van der Waals surface area contributed by atoms with Crippen molar-refractivity contribution in [3.63, 3.8) is 0 Å². The summed E-state index contributed by atoms with van der Waals surface area (Å²) in [5.41, 5.74) is 1.00. The van der Waals surface area contributed by atoms with Crippen LogP contribution in [-0.2, 0) is 14.3 Å². The van der Waals surface area contributed by atoms with E-state index in [1.807, 2.05) is 0 Å². The summed E-state index contributed by atoms with van der Waals surface area (Å²) in [6, 6.07) is 12.5. The molecular formula is C18H19FN2O4. The van der Waals surface area contributed by atoms with Gasteiger partial charge < -0.3 is 20.1 Å². The van der Waals surface area contributed by atoms with Crippen molar-refractivity contribution < 1.29 is 23.5 Å². The van der Waals surface area contributed by atoms with Crippen LogP contribution >= 0.6 is 0 Å². The van der Waals surface area contributed by atoms with Crippen LogP contribution in [-0.4, -0.2) is 32.6 Å². The molecule has 2 rings (SSSR count). The SMILES string of the molecule is COc1cccc(NC(=O)C(=O)NCC(OC)c2cccc(F)c2)c1. The van der Waals surface area contributed by atoms with Crippen LogP contribution in [0.2, 0.25) is 0 Å². The number of methoxy groups -OCH3 is 2. The van der Waals surface area contributed by atoms with Crippen molar-refractivity contribution in [2.75, 3.05) is 26.1 Å². The van der Waals surface area contributed by atoms with Gasteiger partial charge in [0.25, 0.3) is 0 Å². The third kappa shape index (κ3) is 5.29. The summed E-state index contributed by atoms with van der Waals surface area (Å²) >= 11 is 0. The number of hydrogen-bond acceptors (Lipinski definition) is 4. The first-order valence-electron chi connectivity index (χ1n) is 7.55. The quantitative estimate of drug-likeness (QED) is 0.787. The van der Waals surface area contributed by atoms with E-state index < -0.39 is 23.7 Å².